The van der Waals surface area contributed by atoms with Crippen molar-refractivity contribution in [3.8, 4) is 11.8 Å². The van der Waals surface area contributed by atoms with Crippen LogP contribution in [0, 0.1) is 17.8 Å². The number of benzene rings is 2. The molecule has 2 aromatic carbocycles. The first-order valence-corrected chi connectivity index (χ1v) is 12.4. The van der Waals surface area contributed by atoms with Crippen molar-refractivity contribution < 1.29 is 24.7 Å². The number of aliphatic hydroxyl groups excluding tert-OH is 1. The Morgan fingerprint density at radius 2 is 1.51 bits per heavy atom. The quantitative estimate of drug-likeness (QED) is 0.184. The summed E-state index contributed by atoms with van der Waals surface area (Å²) < 4.78 is 0. The van der Waals surface area contributed by atoms with E-state index in [2.05, 4.69) is 34.7 Å². The molecule has 0 aromatic heterocycles. The summed E-state index contributed by atoms with van der Waals surface area (Å²) in [4.78, 5) is 36.2. The van der Waals surface area contributed by atoms with E-state index in [1.807, 2.05) is 12.1 Å². The van der Waals surface area contributed by atoms with Crippen LogP contribution in [-0.4, -0.2) is 52.8 Å². The molecule has 2 atom stereocenters. The lowest BCUT2D eigenvalue weighted by atomic mass is 9.87. The van der Waals surface area contributed by atoms with Crippen LogP contribution in [0.15, 0.2) is 48.5 Å². The highest BCUT2D eigenvalue weighted by Gasteiger charge is 2.25. The normalized spacial score (nSPS) is 18.5. The number of hydrogen-bond acceptors (Lipinski definition) is 6. The lowest BCUT2D eigenvalue weighted by molar-refractivity contribution is -0.133. The molecule has 0 heterocycles. The van der Waals surface area contributed by atoms with Gasteiger partial charge >= 0.3 is 0 Å². The maximum atomic E-state index is 12.4. The van der Waals surface area contributed by atoms with Gasteiger partial charge in [0.25, 0.3) is 11.8 Å². The average Bonchev–Trinajstić information content (AvgIpc) is 2.90. The van der Waals surface area contributed by atoms with Crippen molar-refractivity contribution in [1.82, 2.24) is 16.1 Å². The van der Waals surface area contributed by atoms with Crippen molar-refractivity contribution in [2.75, 3.05) is 11.9 Å². The summed E-state index contributed by atoms with van der Waals surface area (Å²) in [7, 11) is 0. The summed E-state index contributed by atoms with van der Waals surface area (Å²) in [5, 5.41) is 27.0. The number of carbonyl (C=O) groups is 3. The topological polar surface area (TPSA) is 140 Å². The summed E-state index contributed by atoms with van der Waals surface area (Å²) in [6.45, 7) is 3.90. The van der Waals surface area contributed by atoms with E-state index in [1.165, 1.54) is 25.2 Å². The molecule has 0 unspecified atom stereocenters. The monoisotopic (exact) mass is 506 g/mol. The second-order valence-corrected chi connectivity index (χ2v) is 9.46. The van der Waals surface area contributed by atoms with Gasteiger partial charge in [0.15, 0.2) is 0 Å². The third-order valence-electron chi connectivity index (χ3n) is 6.40. The molecule has 9 heteroatoms. The van der Waals surface area contributed by atoms with Gasteiger partial charge in [-0.25, -0.2) is 5.48 Å². The average molecular weight is 507 g/mol. The lowest BCUT2D eigenvalue weighted by Crippen LogP contribution is -2.51. The van der Waals surface area contributed by atoms with E-state index in [4.69, 9.17) is 5.21 Å². The fourth-order valence-electron chi connectivity index (χ4n) is 4.09. The molecule has 0 saturated heterocycles. The van der Waals surface area contributed by atoms with E-state index in [0.29, 0.717) is 23.8 Å². The number of amides is 3. The van der Waals surface area contributed by atoms with Crippen molar-refractivity contribution in [1.29, 1.82) is 0 Å². The SMILES string of the molecule is CC1CCC(NCC(=O)Nc2ccc(C#Cc3ccc(C(=O)N[C@H](C(=O)NO)[C@@H](C)O)cc3)cc2)CC1. The van der Waals surface area contributed by atoms with Gasteiger partial charge in [0, 0.05) is 28.4 Å². The number of aliphatic hydroxyl groups is 1. The maximum absolute atomic E-state index is 12.4. The van der Waals surface area contributed by atoms with Crippen LogP contribution in [0.4, 0.5) is 5.69 Å². The summed E-state index contributed by atoms with van der Waals surface area (Å²) in [5.74, 6) is 5.28. The summed E-state index contributed by atoms with van der Waals surface area (Å²) in [5.41, 5.74) is 3.84. The van der Waals surface area contributed by atoms with Crippen LogP contribution < -0.4 is 21.4 Å². The van der Waals surface area contributed by atoms with Gasteiger partial charge in [0.2, 0.25) is 5.91 Å². The van der Waals surface area contributed by atoms with Crippen molar-refractivity contribution in [2.24, 2.45) is 5.92 Å². The highest BCUT2D eigenvalue weighted by atomic mass is 16.5. The van der Waals surface area contributed by atoms with Crippen LogP contribution in [-0.2, 0) is 9.59 Å². The third-order valence-corrected chi connectivity index (χ3v) is 6.40. The lowest BCUT2D eigenvalue weighted by Gasteiger charge is -2.26. The van der Waals surface area contributed by atoms with Crippen molar-refractivity contribution >= 4 is 23.4 Å². The fraction of sp³-hybridized carbons (Fsp3) is 0.393. The van der Waals surface area contributed by atoms with Gasteiger partial charge in [-0.2, -0.15) is 0 Å². The van der Waals surface area contributed by atoms with Crippen LogP contribution in [0.2, 0.25) is 0 Å². The molecule has 1 aliphatic carbocycles. The summed E-state index contributed by atoms with van der Waals surface area (Å²) >= 11 is 0. The van der Waals surface area contributed by atoms with Gasteiger partial charge < -0.3 is 21.1 Å². The molecular weight excluding hydrogens is 472 g/mol. The Kier molecular flexibility index (Phi) is 10.2. The van der Waals surface area contributed by atoms with Crippen LogP contribution >= 0.6 is 0 Å². The van der Waals surface area contributed by atoms with E-state index < -0.39 is 24.0 Å². The number of nitrogens with one attached hydrogen (secondary N) is 4. The summed E-state index contributed by atoms with van der Waals surface area (Å²) in [6, 6.07) is 12.8. The Labute approximate surface area is 217 Å². The molecule has 0 bridgehead atoms. The van der Waals surface area contributed by atoms with Crippen LogP contribution in [0.25, 0.3) is 0 Å². The van der Waals surface area contributed by atoms with Gasteiger partial charge in [-0.15, -0.1) is 0 Å². The molecular formula is C28H34N4O5. The largest absolute Gasteiger partial charge is 0.391 e. The van der Waals surface area contributed by atoms with E-state index >= 15 is 0 Å². The number of carbonyl (C=O) groups excluding carboxylic acids is 3. The summed E-state index contributed by atoms with van der Waals surface area (Å²) in [6.07, 6.45) is 3.45. The maximum Gasteiger partial charge on any atom is 0.268 e. The van der Waals surface area contributed by atoms with E-state index in [0.717, 1.165) is 24.3 Å². The number of rotatable bonds is 8. The van der Waals surface area contributed by atoms with E-state index in [1.54, 1.807) is 36.4 Å². The first-order chi connectivity index (χ1) is 17.7. The van der Waals surface area contributed by atoms with Gasteiger partial charge in [0.1, 0.15) is 6.04 Å². The van der Waals surface area contributed by atoms with Crippen LogP contribution in [0.5, 0.6) is 0 Å². The molecule has 3 rings (SSSR count). The van der Waals surface area contributed by atoms with Crippen molar-refractivity contribution in [3.05, 3.63) is 65.2 Å². The zero-order chi connectivity index (χ0) is 26.8. The Balaban J connectivity index is 1.50. The Morgan fingerprint density at radius 3 is 2.05 bits per heavy atom. The van der Waals surface area contributed by atoms with Crippen molar-refractivity contribution in [2.45, 2.75) is 57.7 Å². The molecule has 2 aromatic rings. The first kappa shape index (κ1) is 27.9. The van der Waals surface area contributed by atoms with E-state index in [-0.39, 0.29) is 11.5 Å². The van der Waals surface area contributed by atoms with Gasteiger partial charge in [-0.05, 0) is 87.1 Å². The fourth-order valence-corrected chi connectivity index (χ4v) is 4.09. The number of anilines is 1. The molecule has 9 nitrogen and oxygen atoms in total. The third kappa shape index (κ3) is 8.72. The predicted molar refractivity (Wildman–Crippen MR) is 140 cm³/mol. The minimum absolute atomic E-state index is 0.0710. The Morgan fingerprint density at radius 1 is 0.946 bits per heavy atom. The minimum Gasteiger partial charge on any atom is -0.391 e. The Bertz CT molecular complexity index is 1130. The van der Waals surface area contributed by atoms with E-state index in [9.17, 15) is 19.5 Å². The highest BCUT2D eigenvalue weighted by Crippen LogP contribution is 2.23. The zero-order valence-corrected chi connectivity index (χ0v) is 21.1. The molecule has 6 N–H and O–H groups in total. The number of hydroxylamine groups is 1. The first-order valence-electron chi connectivity index (χ1n) is 12.4. The molecule has 3 amide bonds. The molecule has 196 valence electrons. The second-order valence-electron chi connectivity index (χ2n) is 9.46. The van der Waals surface area contributed by atoms with Crippen LogP contribution in [0.1, 0.15) is 61.0 Å². The van der Waals surface area contributed by atoms with Gasteiger partial charge in [0.05, 0.1) is 12.6 Å². The standard InChI is InChI=1S/C28H34N4O5/c1-18-3-13-23(14-4-18)29-17-25(34)30-24-15-9-21(10-16-24)6-5-20-7-11-22(12-8-20)27(35)31-26(19(2)33)28(36)32-37/h7-12,15-16,18-19,23,26,29,33,37H,3-4,13-14,17H2,1-2H3,(H,30,34)(H,31,35)(H,32,36)/t18?,19-,23?,26+/m1/s1. The molecule has 0 spiro atoms. The zero-order valence-electron chi connectivity index (χ0n) is 21.1. The van der Waals surface area contributed by atoms with Gasteiger partial charge in [-0.3, -0.25) is 19.6 Å². The van der Waals surface area contributed by atoms with Crippen molar-refractivity contribution in [3.63, 3.8) is 0 Å². The number of hydrogen-bond donors (Lipinski definition) is 6. The second kappa shape index (κ2) is 13.6. The molecule has 0 radical (unpaired) electrons. The highest BCUT2D eigenvalue weighted by molar-refractivity contribution is 5.97. The molecule has 1 fully saturated rings. The smallest absolute Gasteiger partial charge is 0.268 e. The van der Waals surface area contributed by atoms with Gasteiger partial charge in [-0.1, -0.05) is 18.8 Å². The molecule has 37 heavy (non-hydrogen) atoms. The molecule has 1 saturated carbocycles. The molecule has 0 aliphatic heterocycles. The minimum atomic E-state index is -1.29. The Hall–Kier alpha value is -3.71. The molecule has 1 aliphatic rings. The predicted octanol–water partition coefficient (Wildman–Crippen LogP) is 2.18. The van der Waals surface area contributed by atoms with Crippen LogP contribution in [0.3, 0.4) is 0 Å².